The average Bonchev–Trinajstić information content (AvgIpc) is 2.49. The molecule has 1 heterocycles. The molecule has 1 atom stereocenters. The van der Waals surface area contributed by atoms with Crippen molar-refractivity contribution < 1.29 is 14.4 Å². The summed E-state index contributed by atoms with van der Waals surface area (Å²) >= 11 is 0. The molecule has 6 heteroatoms. The van der Waals surface area contributed by atoms with Crippen LogP contribution in [0.1, 0.15) is 25.3 Å². The fourth-order valence-corrected chi connectivity index (χ4v) is 2.39. The van der Waals surface area contributed by atoms with Gasteiger partial charge in [0.25, 0.3) is 0 Å². The molecule has 0 aromatic heterocycles. The van der Waals surface area contributed by atoms with Crippen molar-refractivity contribution in [1.29, 1.82) is 0 Å². The summed E-state index contributed by atoms with van der Waals surface area (Å²) in [6, 6.07) is 7.54. The highest BCUT2D eigenvalue weighted by molar-refractivity contribution is 5.88. The maximum atomic E-state index is 12.0. The van der Waals surface area contributed by atoms with Gasteiger partial charge in [0.05, 0.1) is 5.92 Å². The molecular formula is C16H21N3O3. The van der Waals surface area contributed by atoms with Gasteiger partial charge in [-0.15, -0.1) is 0 Å². The highest BCUT2D eigenvalue weighted by Gasteiger charge is 2.23. The van der Waals surface area contributed by atoms with Gasteiger partial charge in [0.2, 0.25) is 17.7 Å². The minimum absolute atomic E-state index is 0.00475. The van der Waals surface area contributed by atoms with Gasteiger partial charge in [-0.2, -0.15) is 0 Å². The van der Waals surface area contributed by atoms with E-state index in [1.807, 2.05) is 24.3 Å². The number of anilines is 1. The summed E-state index contributed by atoms with van der Waals surface area (Å²) in [5.41, 5.74) is 1.85. The van der Waals surface area contributed by atoms with Gasteiger partial charge in [0, 0.05) is 32.1 Å². The van der Waals surface area contributed by atoms with Gasteiger partial charge in [-0.05, 0) is 30.5 Å². The monoisotopic (exact) mass is 303 g/mol. The van der Waals surface area contributed by atoms with E-state index in [9.17, 15) is 14.4 Å². The van der Waals surface area contributed by atoms with Gasteiger partial charge in [0.15, 0.2) is 0 Å². The fourth-order valence-electron chi connectivity index (χ4n) is 2.39. The Kier molecular flexibility index (Phi) is 5.52. The average molecular weight is 303 g/mol. The lowest BCUT2D eigenvalue weighted by molar-refractivity contribution is -0.129. The first-order valence-electron chi connectivity index (χ1n) is 7.45. The van der Waals surface area contributed by atoms with Crippen LogP contribution >= 0.6 is 0 Å². The number of amides is 3. The van der Waals surface area contributed by atoms with Gasteiger partial charge in [-0.25, -0.2) is 0 Å². The second-order valence-corrected chi connectivity index (χ2v) is 5.46. The number of benzene rings is 1. The summed E-state index contributed by atoms with van der Waals surface area (Å²) in [6.07, 6.45) is 1.76. The molecule has 1 unspecified atom stereocenters. The lowest BCUT2D eigenvalue weighted by Gasteiger charge is -2.21. The predicted octanol–water partition coefficient (Wildman–Crippen LogP) is 0.830. The number of carbonyl (C=O) groups is 3. The molecule has 1 aromatic carbocycles. The van der Waals surface area contributed by atoms with Gasteiger partial charge in [0.1, 0.15) is 0 Å². The van der Waals surface area contributed by atoms with Crippen molar-refractivity contribution in [2.75, 3.05) is 18.4 Å². The molecule has 0 bridgehead atoms. The first kappa shape index (κ1) is 16.0. The SMILES string of the molecule is CC(=O)Nc1ccc(CCNC(=O)C2CCC(=O)NC2)cc1. The topological polar surface area (TPSA) is 87.3 Å². The Morgan fingerprint density at radius 2 is 2.00 bits per heavy atom. The number of carbonyl (C=O) groups excluding carboxylic acids is 3. The first-order chi connectivity index (χ1) is 10.5. The van der Waals surface area contributed by atoms with E-state index < -0.39 is 0 Å². The lowest BCUT2D eigenvalue weighted by Crippen LogP contribution is -2.43. The molecule has 118 valence electrons. The molecule has 0 spiro atoms. The standard InChI is InChI=1S/C16H21N3O3/c1-11(20)19-14-5-2-12(3-6-14)8-9-17-16(22)13-4-7-15(21)18-10-13/h2-3,5-6,13H,4,7-10H2,1H3,(H,17,22)(H,18,21)(H,19,20). The minimum Gasteiger partial charge on any atom is -0.355 e. The smallest absolute Gasteiger partial charge is 0.224 e. The molecule has 1 aliphatic heterocycles. The zero-order chi connectivity index (χ0) is 15.9. The Labute approximate surface area is 129 Å². The van der Waals surface area contributed by atoms with Crippen LogP contribution in [0.15, 0.2) is 24.3 Å². The summed E-state index contributed by atoms with van der Waals surface area (Å²) in [5, 5.41) is 8.32. The lowest BCUT2D eigenvalue weighted by atomic mass is 9.98. The molecule has 22 heavy (non-hydrogen) atoms. The van der Waals surface area contributed by atoms with Crippen molar-refractivity contribution in [1.82, 2.24) is 10.6 Å². The Morgan fingerprint density at radius 3 is 2.59 bits per heavy atom. The maximum Gasteiger partial charge on any atom is 0.224 e. The van der Waals surface area contributed by atoms with Gasteiger partial charge in [-0.3, -0.25) is 14.4 Å². The van der Waals surface area contributed by atoms with Crippen molar-refractivity contribution in [3.8, 4) is 0 Å². The quantitative estimate of drug-likeness (QED) is 0.753. The van der Waals surface area contributed by atoms with Crippen LogP contribution in [0, 0.1) is 5.92 Å². The maximum absolute atomic E-state index is 12.0. The van der Waals surface area contributed by atoms with E-state index in [1.54, 1.807) is 0 Å². The van der Waals surface area contributed by atoms with E-state index >= 15 is 0 Å². The highest BCUT2D eigenvalue weighted by atomic mass is 16.2. The molecule has 1 fully saturated rings. The van der Waals surface area contributed by atoms with Crippen molar-refractivity contribution in [2.45, 2.75) is 26.2 Å². The van der Waals surface area contributed by atoms with Crippen LogP contribution in [0.4, 0.5) is 5.69 Å². The third kappa shape index (κ3) is 4.87. The van der Waals surface area contributed by atoms with E-state index in [1.165, 1.54) is 6.92 Å². The highest BCUT2D eigenvalue weighted by Crippen LogP contribution is 2.11. The number of hydrogen-bond donors (Lipinski definition) is 3. The summed E-state index contributed by atoms with van der Waals surface area (Å²) < 4.78 is 0. The van der Waals surface area contributed by atoms with Gasteiger partial charge in [-0.1, -0.05) is 12.1 Å². The normalized spacial score (nSPS) is 17.5. The molecule has 1 saturated heterocycles. The molecule has 2 rings (SSSR count). The molecule has 0 radical (unpaired) electrons. The molecule has 0 aliphatic carbocycles. The van der Waals surface area contributed by atoms with Gasteiger partial charge >= 0.3 is 0 Å². The van der Waals surface area contributed by atoms with Crippen LogP contribution in [0.3, 0.4) is 0 Å². The molecule has 1 aliphatic rings. The number of nitrogens with one attached hydrogen (secondary N) is 3. The minimum atomic E-state index is -0.125. The first-order valence-corrected chi connectivity index (χ1v) is 7.45. The van der Waals surface area contributed by atoms with E-state index in [-0.39, 0.29) is 23.6 Å². The van der Waals surface area contributed by atoms with Gasteiger partial charge < -0.3 is 16.0 Å². The molecular weight excluding hydrogens is 282 g/mol. The number of hydrogen-bond acceptors (Lipinski definition) is 3. The van der Waals surface area contributed by atoms with Crippen LogP contribution < -0.4 is 16.0 Å². The van der Waals surface area contributed by atoms with E-state index in [2.05, 4.69) is 16.0 Å². The Morgan fingerprint density at radius 1 is 1.27 bits per heavy atom. The largest absolute Gasteiger partial charge is 0.355 e. The summed E-state index contributed by atoms with van der Waals surface area (Å²) in [4.78, 5) is 33.9. The Balaban J connectivity index is 1.72. The van der Waals surface area contributed by atoms with E-state index in [0.29, 0.717) is 25.9 Å². The van der Waals surface area contributed by atoms with E-state index in [0.717, 1.165) is 17.7 Å². The zero-order valence-corrected chi connectivity index (χ0v) is 12.6. The fraction of sp³-hybridized carbons (Fsp3) is 0.438. The Hall–Kier alpha value is -2.37. The zero-order valence-electron chi connectivity index (χ0n) is 12.6. The molecule has 6 nitrogen and oxygen atoms in total. The molecule has 1 aromatic rings. The third-order valence-electron chi connectivity index (χ3n) is 3.62. The molecule has 3 N–H and O–H groups in total. The number of piperidine rings is 1. The van der Waals surface area contributed by atoms with E-state index in [4.69, 9.17) is 0 Å². The van der Waals surface area contributed by atoms with Crippen molar-refractivity contribution >= 4 is 23.4 Å². The number of rotatable bonds is 5. The molecule has 3 amide bonds. The van der Waals surface area contributed by atoms with Crippen LogP contribution in [-0.2, 0) is 20.8 Å². The van der Waals surface area contributed by atoms with Crippen LogP contribution in [0.5, 0.6) is 0 Å². The second kappa shape index (κ2) is 7.59. The molecule has 0 saturated carbocycles. The summed E-state index contributed by atoms with van der Waals surface area (Å²) in [7, 11) is 0. The van der Waals surface area contributed by atoms with Crippen LogP contribution in [0.25, 0.3) is 0 Å². The van der Waals surface area contributed by atoms with Crippen molar-refractivity contribution in [2.24, 2.45) is 5.92 Å². The van der Waals surface area contributed by atoms with Crippen molar-refractivity contribution in [3.05, 3.63) is 29.8 Å². The summed E-state index contributed by atoms with van der Waals surface area (Å²) in [5.74, 6) is -0.211. The Bertz CT molecular complexity index is 544. The van der Waals surface area contributed by atoms with Crippen molar-refractivity contribution in [3.63, 3.8) is 0 Å². The van der Waals surface area contributed by atoms with Crippen LogP contribution in [0.2, 0.25) is 0 Å². The third-order valence-corrected chi connectivity index (χ3v) is 3.62. The second-order valence-electron chi connectivity index (χ2n) is 5.46. The predicted molar refractivity (Wildman–Crippen MR) is 83.2 cm³/mol. The van der Waals surface area contributed by atoms with Crippen LogP contribution in [-0.4, -0.2) is 30.8 Å². The summed E-state index contributed by atoms with van der Waals surface area (Å²) in [6.45, 7) is 2.45.